The van der Waals surface area contributed by atoms with E-state index >= 15 is 0 Å². The molecule has 0 radical (unpaired) electrons. The second-order valence-electron chi connectivity index (χ2n) is 4.59. The van der Waals surface area contributed by atoms with Gasteiger partial charge in [0.2, 0.25) is 10.0 Å². The Balaban J connectivity index is 2.02. The van der Waals surface area contributed by atoms with E-state index in [0.29, 0.717) is 6.54 Å². The average Bonchev–Trinajstić information content (AvgIpc) is 2.84. The molecule has 1 unspecified atom stereocenters. The molecule has 1 N–H and O–H groups in total. The molecule has 1 saturated heterocycles. The highest BCUT2D eigenvalue weighted by molar-refractivity contribution is 7.89. The normalized spacial score (nSPS) is 20.8. The molecule has 1 fully saturated rings. The summed E-state index contributed by atoms with van der Waals surface area (Å²) in [5.74, 6) is 0. The van der Waals surface area contributed by atoms with E-state index in [1.54, 1.807) is 0 Å². The molecule has 1 aromatic rings. The van der Waals surface area contributed by atoms with E-state index < -0.39 is 10.0 Å². The molecule has 0 aromatic carbocycles. The number of likely N-dealkylation sites (N-methyl/N-ethyl adjacent to an activating group) is 1. The zero-order valence-electron chi connectivity index (χ0n) is 10.8. The van der Waals surface area contributed by atoms with Crippen LogP contribution in [0.2, 0.25) is 5.15 Å². The van der Waals surface area contributed by atoms with E-state index in [2.05, 4.69) is 21.5 Å². The predicted molar refractivity (Wildman–Crippen MR) is 74.7 cm³/mol. The topological polar surface area (TPSA) is 62.3 Å². The number of sulfonamides is 1. The summed E-state index contributed by atoms with van der Waals surface area (Å²) in [4.78, 5) is 6.24. The standard InChI is InChI=1S/C12H18ClN3O2S/c1-2-16-7-3-4-10(16)9-15-19(17,18)11-5-6-14-12(13)8-11/h5-6,8,10,15H,2-4,7,9H2,1H3. The minimum absolute atomic E-state index is 0.161. The highest BCUT2D eigenvalue weighted by Gasteiger charge is 2.25. The van der Waals surface area contributed by atoms with Crippen molar-refractivity contribution < 1.29 is 8.42 Å². The average molecular weight is 304 g/mol. The quantitative estimate of drug-likeness (QED) is 0.837. The third-order valence-corrected chi connectivity index (χ3v) is 5.05. The summed E-state index contributed by atoms with van der Waals surface area (Å²) in [7, 11) is -3.50. The number of halogens is 1. The van der Waals surface area contributed by atoms with Crippen LogP contribution in [0.1, 0.15) is 19.8 Å². The Kier molecular flexibility index (Phi) is 4.78. The van der Waals surface area contributed by atoms with E-state index in [1.807, 2.05) is 0 Å². The summed E-state index contributed by atoms with van der Waals surface area (Å²) < 4.78 is 26.9. The van der Waals surface area contributed by atoms with Gasteiger partial charge in [-0.05, 0) is 38.1 Å². The summed E-state index contributed by atoms with van der Waals surface area (Å²) in [5.41, 5.74) is 0. The molecule has 19 heavy (non-hydrogen) atoms. The molecule has 0 bridgehead atoms. The van der Waals surface area contributed by atoms with Crippen LogP contribution in [0, 0.1) is 0 Å². The van der Waals surface area contributed by atoms with Gasteiger partial charge in [0.05, 0.1) is 4.90 Å². The van der Waals surface area contributed by atoms with Crippen LogP contribution in [0.4, 0.5) is 0 Å². The lowest BCUT2D eigenvalue weighted by Gasteiger charge is -2.22. The van der Waals surface area contributed by atoms with Crippen LogP contribution in [-0.4, -0.2) is 44.0 Å². The Morgan fingerprint density at radius 2 is 2.37 bits per heavy atom. The van der Waals surface area contributed by atoms with E-state index in [1.165, 1.54) is 18.3 Å². The molecule has 0 amide bonds. The third-order valence-electron chi connectivity index (χ3n) is 3.42. The van der Waals surface area contributed by atoms with Crippen molar-refractivity contribution in [2.45, 2.75) is 30.7 Å². The summed E-state index contributed by atoms with van der Waals surface area (Å²) in [5, 5.41) is 0.180. The Hall–Kier alpha value is -0.690. The molecule has 0 spiro atoms. The molecular formula is C12H18ClN3O2S. The van der Waals surface area contributed by atoms with Crippen LogP contribution in [0.25, 0.3) is 0 Å². The zero-order chi connectivity index (χ0) is 13.9. The van der Waals surface area contributed by atoms with Gasteiger partial charge in [-0.15, -0.1) is 0 Å². The van der Waals surface area contributed by atoms with Crippen LogP contribution < -0.4 is 4.72 Å². The number of nitrogens with one attached hydrogen (secondary N) is 1. The highest BCUT2D eigenvalue weighted by Crippen LogP contribution is 2.17. The van der Waals surface area contributed by atoms with Gasteiger partial charge < -0.3 is 0 Å². The summed E-state index contributed by atoms with van der Waals surface area (Å²) in [6, 6.07) is 3.09. The highest BCUT2D eigenvalue weighted by atomic mass is 35.5. The van der Waals surface area contributed by atoms with Gasteiger partial charge in [0.1, 0.15) is 5.15 Å². The van der Waals surface area contributed by atoms with Crippen LogP contribution in [0.15, 0.2) is 23.2 Å². The molecule has 1 aliphatic rings. The molecule has 1 aromatic heterocycles. The Labute approximate surface area is 119 Å². The van der Waals surface area contributed by atoms with Crippen molar-refractivity contribution >= 4 is 21.6 Å². The Morgan fingerprint density at radius 1 is 1.58 bits per heavy atom. The summed E-state index contributed by atoms with van der Waals surface area (Å²) in [6.07, 6.45) is 3.56. The molecule has 106 valence electrons. The molecule has 0 aliphatic carbocycles. The van der Waals surface area contributed by atoms with Gasteiger partial charge in [-0.2, -0.15) is 0 Å². The molecule has 5 nitrogen and oxygen atoms in total. The maximum atomic E-state index is 12.1. The van der Waals surface area contributed by atoms with E-state index in [9.17, 15) is 8.42 Å². The SMILES string of the molecule is CCN1CCCC1CNS(=O)(=O)c1ccnc(Cl)c1. The van der Waals surface area contributed by atoms with Crippen LogP contribution >= 0.6 is 11.6 Å². The van der Waals surface area contributed by atoms with Gasteiger partial charge in [-0.1, -0.05) is 18.5 Å². The first-order valence-electron chi connectivity index (χ1n) is 6.38. The van der Waals surface area contributed by atoms with Crippen LogP contribution in [-0.2, 0) is 10.0 Å². The van der Waals surface area contributed by atoms with Crippen molar-refractivity contribution in [2.24, 2.45) is 0 Å². The fraction of sp³-hybridized carbons (Fsp3) is 0.583. The lowest BCUT2D eigenvalue weighted by molar-refractivity contribution is 0.268. The van der Waals surface area contributed by atoms with Gasteiger partial charge in [0, 0.05) is 18.8 Å². The third kappa shape index (κ3) is 3.66. The van der Waals surface area contributed by atoms with Crippen molar-refractivity contribution in [1.29, 1.82) is 0 Å². The summed E-state index contributed by atoms with van der Waals surface area (Å²) in [6.45, 7) is 4.53. The fourth-order valence-corrected chi connectivity index (χ4v) is 3.71. The molecule has 1 atom stereocenters. The predicted octanol–water partition coefficient (Wildman–Crippen LogP) is 1.50. The number of rotatable bonds is 5. The van der Waals surface area contributed by atoms with Crippen molar-refractivity contribution in [3.05, 3.63) is 23.5 Å². The van der Waals surface area contributed by atoms with Gasteiger partial charge in [0.15, 0.2) is 0 Å². The lowest BCUT2D eigenvalue weighted by Crippen LogP contribution is -2.39. The van der Waals surface area contributed by atoms with Crippen molar-refractivity contribution in [3.63, 3.8) is 0 Å². The Bertz CT molecular complexity index is 536. The molecular weight excluding hydrogens is 286 g/mol. The van der Waals surface area contributed by atoms with Crippen molar-refractivity contribution in [2.75, 3.05) is 19.6 Å². The first-order chi connectivity index (χ1) is 9.03. The smallest absolute Gasteiger partial charge is 0.240 e. The minimum Gasteiger partial charge on any atom is -0.299 e. The number of aromatic nitrogens is 1. The second kappa shape index (κ2) is 6.17. The maximum Gasteiger partial charge on any atom is 0.240 e. The molecule has 7 heteroatoms. The number of pyridine rings is 1. The first kappa shape index (κ1) is 14.7. The molecule has 2 rings (SSSR count). The molecule has 0 saturated carbocycles. The number of hydrogen-bond donors (Lipinski definition) is 1. The largest absolute Gasteiger partial charge is 0.299 e. The van der Waals surface area contributed by atoms with E-state index in [0.717, 1.165) is 25.9 Å². The monoisotopic (exact) mass is 303 g/mol. The molecule has 1 aliphatic heterocycles. The van der Waals surface area contributed by atoms with Crippen LogP contribution in [0.3, 0.4) is 0 Å². The zero-order valence-corrected chi connectivity index (χ0v) is 12.4. The van der Waals surface area contributed by atoms with Gasteiger partial charge in [-0.25, -0.2) is 18.1 Å². The molecule has 2 heterocycles. The minimum atomic E-state index is -3.50. The lowest BCUT2D eigenvalue weighted by atomic mass is 10.2. The fourth-order valence-electron chi connectivity index (χ4n) is 2.38. The van der Waals surface area contributed by atoms with E-state index in [-0.39, 0.29) is 16.1 Å². The number of likely N-dealkylation sites (tertiary alicyclic amines) is 1. The summed E-state index contributed by atoms with van der Waals surface area (Å²) >= 11 is 5.71. The second-order valence-corrected chi connectivity index (χ2v) is 6.75. The number of nitrogens with zero attached hydrogens (tertiary/aromatic N) is 2. The van der Waals surface area contributed by atoms with Crippen molar-refractivity contribution in [1.82, 2.24) is 14.6 Å². The van der Waals surface area contributed by atoms with Crippen molar-refractivity contribution in [3.8, 4) is 0 Å². The Morgan fingerprint density at radius 3 is 3.05 bits per heavy atom. The van der Waals surface area contributed by atoms with Gasteiger partial charge >= 0.3 is 0 Å². The number of hydrogen-bond acceptors (Lipinski definition) is 4. The van der Waals surface area contributed by atoms with Gasteiger partial charge in [0.25, 0.3) is 0 Å². The van der Waals surface area contributed by atoms with Gasteiger partial charge in [-0.3, -0.25) is 4.90 Å². The van der Waals surface area contributed by atoms with Crippen LogP contribution in [0.5, 0.6) is 0 Å². The van der Waals surface area contributed by atoms with E-state index in [4.69, 9.17) is 11.6 Å². The first-order valence-corrected chi connectivity index (χ1v) is 8.24. The maximum absolute atomic E-state index is 12.1.